The van der Waals surface area contributed by atoms with Gasteiger partial charge in [-0.25, -0.2) is 0 Å². The van der Waals surface area contributed by atoms with E-state index in [1.54, 1.807) is 11.2 Å². The number of hydrogen-bond donors (Lipinski definition) is 2. The molecule has 0 spiro atoms. The fourth-order valence-corrected chi connectivity index (χ4v) is 3.67. The molecule has 2 aliphatic heterocycles. The van der Waals surface area contributed by atoms with E-state index in [0.717, 1.165) is 40.4 Å². The summed E-state index contributed by atoms with van der Waals surface area (Å²) in [7, 11) is 0. The number of carbonyl (C=O) groups is 1. The van der Waals surface area contributed by atoms with Crippen molar-refractivity contribution in [2.45, 2.75) is 33.7 Å². The summed E-state index contributed by atoms with van der Waals surface area (Å²) >= 11 is 0. The Morgan fingerprint density at radius 1 is 1.10 bits per heavy atom. The number of Topliss-reactive ketones (excluding diaryl/α,β-unsaturated/α-hetero) is 1. The molecule has 0 saturated heterocycles. The second-order valence-corrected chi connectivity index (χ2v) is 7.63. The van der Waals surface area contributed by atoms with Crippen LogP contribution in [0.1, 0.15) is 25.1 Å². The molecular weight excluding hydrogens is 374 g/mol. The van der Waals surface area contributed by atoms with E-state index in [2.05, 4.69) is 58.9 Å². The molecule has 1 aromatic carbocycles. The van der Waals surface area contributed by atoms with E-state index in [-0.39, 0.29) is 11.8 Å². The standard InChI is InChI=1S/C24H27N5O/c1-5-25-20-8-6-16(2)23(12-20)29-14-19-10-11-28(15-22(19)24(30)18(29)4)27-21-9-7-17(3)26-13-21/h6-15,18,25,27H,5H2,1-4H3. The molecule has 0 radical (unpaired) electrons. The highest BCUT2D eigenvalue weighted by Gasteiger charge is 2.32. The molecule has 0 bridgehead atoms. The first-order valence-electron chi connectivity index (χ1n) is 10.2. The van der Waals surface area contributed by atoms with E-state index in [1.807, 2.05) is 44.5 Å². The number of carbonyl (C=O) groups excluding carboxylic acids is 1. The molecule has 2 aromatic rings. The number of fused-ring (bicyclic) bond motifs is 1. The lowest BCUT2D eigenvalue weighted by Gasteiger charge is -2.36. The van der Waals surface area contributed by atoms with Gasteiger partial charge in [0.1, 0.15) is 0 Å². The molecule has 1 unspecified atom stereocenters. The third-order valence-corrected chi connectivity index (χ3v) is 5.37. The van der Waals surface area contributed by atoms with Gasteiger partial charge in [-0.3, -0.25) is 20.2 Å². The van der Waals surface area contributed by atoms with Crippen molar-refractivity contribution in [2.24, 2.45) is 0 Å². The van der Waals surface area contributed by atoms with Gasteiger partial charge in [0, 0.05) is 53.4 Å². The first kappa shape index (κ1) is 19.8. The van der Waals surface area contributed by atoms with E-state index in [9.17, 15) is 4.79 Å². The van der Waals surface area contributed by atoms with Gasteiger partial charge in [0.25, 0.3) is 0 Å². The number of hydrazine groups is 1. The van der Waals surface area contributed by atoms with Crippen molar-refractivity contribution in [3.8, 4) is 0 Å². The second kappa shape index (κ2) is 8.06. The van der Waals surface area contributed by atoms with Gasteiger partial charge in [0.15, 0.2) is 5.78 Å². The lowest BCUT2D eigenvalue weighted by Crippen LogP contribution is -2.42. The van der Waals surface area contributed by atoms with Gasteiger partial charge in [-0.15, -0.1) is 0 Å². The van der Waals surface area contributed by atoms with Crippen LogP contribution in [0.2, 0.25) is 0 Å². The fraction of sp³-hybridized carbons (Fsp3) is 0.250. The van der Waals surface area contributed by atoms with Crippen LogP contribution in [0, 0.1) is 13.8 Å². The Kier molecular flexibility index (Phi) is 5.31. The number of nitrogens with one attached hydrogen (secondary N) is 2. The Labute approximate surface area is 177 Å². The van der Waals surface area contributed by atoms with Crippen LogP contribution in [-0.2, 0) is 4.79 Å². The average Bonchev–Trinajstić information content (AvgIpc) is 2.74. The Morgan fingerprint density at radius 3 is 2.63 bits per heavy atom. The summed E-state index contributed by atoms with van der Waals surface area (Å²) in [4.78, 5) is 19.6. The minimum atomic E-state index is -0.287. The van der Waals surface area contributed by atoms with Gasteiger partial charge in [-0.05, 0) is 63.6 Å². The van der Waals surface area contributed by atoms with Gasteiger partial charge in [0.2, 0.25) is 0 Å². The van der Waals surface area contributed by atoms with E-state index in [4.69, 9.17) is 0 Å². The Morgan fingerprint density at radius 2 is 1.90 bits per heavy atom. The van der Waals surface area contributed by atoms with Crippen LogP contribution < -0.4 is 15.6 Å². The molecule has 2 N–H and O–H groups in total. The molecule has 4 rings (SSSR count). The molecule has 6 nitrogen and oxygen atoms in total. The van der Waals surface area contributed by atoms with Gasteiger partial charge in [-0.1, -0.05) is 6.07 Å². The minimum Gasteiger partial charge on any atom is -0.385 e. The van der Waals surface area contributed by atoms with Crippen molar-refractivity contribution in [1.82, 2.24) is 9.99 Å². The molecule has 30 heavy (non-hydrogen) atoms. The maximum atomic E-state index is 13.2. The summed E-state index contributed by atoms with van der Waals surface area (Å²) in [6, 6.07) is 9.90. The predicted molar refractivity (Wildman–Crippen MR) is 122 cm³/mol. The number of allylic oxidation sites excluding steroid dienone is 2. The van der Waals surface area contributed by atoms with Crippen LogP contribution in [0.5, 0.6) is 0 Å². The minimum absolute atomic E-state index is 0.0962. The zero-order valence-corrected chi connectivity index (χ0v) is 17.8. The lowest BCUT2D eigenvalue weighted by atomic mass is 9.92. The predicted octanol–water partition coefficient (Wildman–Crippen LogP) is 4.53. The summed E-state index contributed by atoms with van der Waals surface area (Å²) in [5.74, 6) is 0.0962. The maximum Gasteiger partial charge on any atom is 0.187 e. The molecule has 2 aliphatic rings. The molecule has 0 amide bonds. The molecule has 1 aromatic heterocycles. The number of aryl methyl sites for hydroxylation is 2. The Bertz CT molecular complexity index is 1050. The van der Waals surface area contributed by atoms with E-state index in [0.29, 0.717) is 5.57 Å². The zero-order chi connectivity index (χ0) is 21.3. The summed E-state index contributed by atoms with van der Waals surface area (Å²) in [6.07, 6.45) is 9.57. The van der Waals surface area contributed by atoms with Crippen LogP contribution in [0.4, 0.5) is 17.1 Å². The van der Waals surface area contributed by atoms with Gasteiger partial charge >= 0.3 is 0 Å². The average molecular weight is 402 g/mol. The second-order valence-electron chi connectivity index (χ2n) is 7.63. The third kappa shape index (κ3) is 3.81. The van der Waals surface area contributed by atoms with Gasteiger partial charge in [0.05, 0.1) is 17.9 Å². The number of hydrogen-bond acceptors (Lipinski definition) is 6. The highest BCUT2D eigenvalue weighted by Crippen LogP contribution is 2.34. The highest BCUT2D eigenvalue weighted by atomic mass is 16.1. The lowest BCUT2D eigenvalue weighted by molar-refractivity contribution is -0.116. The summed E-state index contributed by atoms with van der Waals surface area (Å²) in [5.41, 5.74) is 9.92. The number of ketones is 1. The van der Waals surface area contributed by atoms with E-state index < -0.39 is 0 Å². The molecule has 6 heteroatoms. The molecule has 154 valence electrons. The van der Waals surface area contributed by atoms with Crippen LogP contribution in [-0.4, -0.2) is 28.4 Å². The van der Waals surface area contributed by atoms with Crippen LogP contribution >= 0.6 is 0 Å². The fourth-order valence-electron chi connectivity index (χ4n) is 3.67. The number of nitrogens with zero attached hydrogens (tertiary/aromatic N) is 3. The maximum absolute atomic E-state index is 13.2. The van der Waals surface area contributed by atoms with Crippen molar-refractivity contribution in [2.75, 3.05) is 22.2 Å². The monoisotopic (exact) mass is 401 g/mol. The van der Waals surface area contributed by atoms with Gasteiger partial charge in [-0.2, -0.15) is 0 Å². The summed E-state index contributed by atoms with van der Waals surface area (Å²) in [5, 5.41) is 5.15. The smallest absolute Gasteiger partial charge is 0.187 e. The number of aromatic nitrogens is 1. The van der Waals surface area contributed by atoms with Crippen molar-refractivity contribution >= 4 is 22.8 Å². The zero-order valence-electron chi connectivity index (χ0n) is 17.8. The number of rotatable bonds is 5. The number of benzene rings is 1. The first-order valence-corrected chi connectivity index (χ1v) is 10.2. The Hall–Kier alpha value is -3.54. The van der Waals surface area contributed by atoms with E-state index in [1.165, 1.54) is 0 Å². The van der Waals surface area contributed by atoms with Crippen LogP contribution in [0.15, 0.2) is 72.4 Å². The molecule has 0 aliphatic carbocycles. The number of anilines is 3. The summed E-state index contributed by atoms with van der Waals surface area (Å²) in [6.45, 7) is 8.91. The Balaban J connectivity index is 1.62. The van der Waals surface area contributed by atoms with Crippen molar-refractivity contribution in [3.63, 3.8) is 0 Å². The molecule has 0 saturated carbocycles. The van der Waals surface area contributed by atoms with Crippen LogP contribution in [0.3, 0.4) is 0 Å². The van der Waals surface area contributed by atoms with Crippen LogP contribution in [0.25, 0.3) is 0 Å². The largest absolute Gasteiger partial charge is 0.385 e. The topological polar surface area (TPSA) is 60.5 Å². The SMILES string of the molecule is CCNc1ccc(C)c(N2C=C3C=CN(Nc4ccc(C)nc4)C=C3C(=O)C2C)c1. The molecule has 1 atom stereocenters. The van der Waals surface area contributed by atoms with E-state index >= 15 is 0 Å². The molecular formula is C24H27N5O. The van der Waals surface area contributed by atoms with Crippen molar-refractivity contribution < 1.29 is 4.79 Å². The van der Waals surface area contributed by atoms with Gasteiger partial charge < -0.3 is 10.2 Å². The quantitative estimate of drug-likeness (QED) is 0.768. The molecule has 0 fully saturated rings. The summed E-state index contributed by atoms with van der Waals surface area (Å²) < 4.78 is 0. The molecule has 3 heterocycles. The normalized spacial score (nSPS) is 18.0. The third-order valence-electron chi connectivity index (χ3n) is 5.37. The van der Waals surface area contributed by atoms with Crippen molar-refractivity contribution in [3.05, 3.63) is 83.6 Å². The number of pyridine rings is 1. The first-order chi connectivity index (χ1) is 14.5. The van der Waals surface area contributed by atoms with Crippen molar-refractivity contribution in [1.29, 1.82) is 0 Å². The highest BCUT2D eigenvalue weighted by molar-refractivity contribution is 6.07.